The third-order valence-electron chi connectivity index (χ3n) is 6.67. The largest absolute Gasteiger partial charge is 0.364 e. The molecule has 2 aliphatic rings. The Balaban J connectivity index is 1.31. The van der Waals surface area contributed by atoms with Gasteiger partial charge in [0, 0.05) is 36.6 Å². The van der Waals surface area contributed by atoms with Crippen LogP contribution in [0.1, 0.15) is 70.2 Å². The van der Waals surface area contributed by atoms with Crippen molar-refractivity contribution in [1.29, 1.82) is 0 Å². The van der Waals surface area contributed by atoms with Gasteiger partial charge in [0.25, 0.3) is 11.8 Å². The average Bonchev–Trinajstić information content (AvgIpc) is 3.44. The number of rotatable bonds is 4. The molecule has 0 saturated carbocycles. The van der Waals surface area contributed by atoms with Crippen molar-refractivity contribution in [2.45, 2.75) is 44.9 Å². The van der Waals surface area contributed by atoms with Crippen LogP contribution in [-0.2, 0) is 12.8 Å². The van der Waals surface area contributed by atoms with E-state index in [0.717, 1.165) is 54.8 Å². The number of likely N-dealkylation sites (tertiary alicyclic amines) is 1. The van der Waals surface area contributed by atoms with Crippen LogP contribution in [0.3, 0.4) is 0 Å². The van der Waals surface area contributed by atoms with Crippen LogP contribution in [0.25, 0.3) is 11.3 Å². The van der Waals surface area contributed by atoms with E-state index in [-0.39, 0.29) is 11.8 Å². The zero-order valence-electron chi connectivity index (χ0n) is 18.1. The fourth-order valence-electron chi connectivity index (χ4n) is 4.82. The van der Waals surface area contributed by atoms with Crippen molar-refractivity contribution in [3.63, 3.8) is 0 Å². The smallest absolute Gasteiger partial charge is 0.276 e. The maximum absolute atomic E-state index is 13.1. The van der Waals surface area contributed by atoms with Gasteiger partial charge in [0.1, 0.15) is 23.0 Å². The number of hydrogen-bond donors (Lipinski definition) is 2. The fraction of sp³-hybridized carbons (Fsp3) is 0.417. The van der Waals surface area contributed by atoms with E-state index in [0.29, 0.717) is 36.1 Å². The monoisotopic (exact) mass is 433 g/mol. The number of carbonyl (C=O) groups excluding carboxylic acids is 2. The molecule has 0 spiro atoms. The number of H-pyrrole nitrogens is 1. The first-order valence-corrected chi connectivity index (χ1v) is 11.2. The Morgan fingerprint density at radius 2 is 1.91 bits per heavy atom. The van der Waals surface area contributed by atoms with Crippen molar-refractivity contribution in [1.82, 2.24) is 20.0 Å². The summed E-state index contributed by atoms with van der Waals surface area (Å²) in [5.41, 5.74) is 8.82. The predicted octanol–water partition coefficient (Wildman–Crippen LogP) is 3.31. The van der Waals surface area contributed by atoms with E-state index in [1.165, 1.54) is 0 Å². The summed E-state index contributed by atoms with van der Waals surface area (Å²) >= 11 is 0. The Morgan fingerprint density at radius 1 is 1.16 bits per heavy atom. The van der Waals surface area contributed by atoms with Crippen molar-refractivity contribution in [3.05, 3.63) is 58.9 Å². The van der Waals surface area contributed by atoms with Gasteiger partial charge >= 0.3 is 0 Å². The molecule has 1 atom stereocenters. The van der Waals surface area contributed by atoms with Gasteiger partial charge in [-0.05, 0) is 31.6 Å². The normalized spacial score (nSPS) is 19.0. The van der Waals surface area contributed by atoms with E-state index in [1.807, 2.05) is 35.2 Å². The summed E-state index contributed by atoms with van der Waals surface area (Å²) in [6, 6.07) is 9.55. The number of nitrogens with zero attached hydrogens (tertiary/aromatic N) is 3. The Bertz CT molecular complexity index is 1140. The number of aromatic nitrogens is 3. The van der Waals surface area contributed by atoms with E-state index in [2.05, 4.69) is 17.1 Å². The van der Waals surface area contributed by atoms with Crippen molar-refractivity contribution in [3.8, 4) is 11.3 Å². The van der Waals surface area contributed by atoms with Gasteiger partial charge < -0.3 is 20.1 Å². The first kappa shape index (κ1) is 20.5. The molecular formula is C24H27N5O3. The van der Waals surface area contributed by atoms with Gasteiger partial charge in [0.15, 0.2) is 5.69 Å². The highest BCUT2D eigenvalue weighted by molar-refractivity contribution is 5.97. The molecule has 166 valence electrons. The van der Waals surface area contributed by atoms with Gasteiger partial charge in [-0.1, -0.05) is 42.4 Å². The summed E-state index contributed by atoms with van der Waals surface area (Å²) in [4.78, 5) is 34.8. The second kappa shape index (κ2) is 8.26. The number of piperidine rings is 1. The minimum Gasteiger partial charge on any atom is -0.364 e. The fourth-order valence-corrected chi connectivity index (χ4v) is 4.82. The van der Waals surface area contributed by atoms with Crippen LogP contribution < -0.4 is 5.73 Å². The number of carbonyl (C=O) groups is 2. The maximum Gasteiger partial charge on any atom is 0.276 e. The second-order valence-corrected chi connectivity index (χ2v) is 8.92. The molecule has 8 heteroatoms. The number of hydrogen-bond acceptors (Lipinski definition) is 5. The lowest BCUT2D eigenvalue weighted by Crippen LogP contribution is -2.38. The molecule has 2 amide bonds. The number of aromatic amines is 1. The standard InChI is InChI=1S/C24H27N5O3/c1-14-7-8-18-17(13-14)20(28-32-18)24(31)29-11-9-16(10-12-29)23-26-19(21(27-23)22(25)30)15-5-3-2-4-6-15/h2-6,14,16H,7-13H2,1H3,(H2,25,30)(H,26,27). The van der Waals surface area contributed by atoms with Crippen LogP contribution in [0.2, 0.25) is 0 Å². The average molecular weight is 434 g/mol. The van der Waals surface area contributed by atoms with Crippen LogP contribution in [0.15, 0.2) is 34.9 Å². The van der Waals surface area contributed by atoms with Crippen molar-refractivity contribution in [2.24, 2.45) is 11.7 Å². The van der Waals surface area contributed by atoms with Crippen LogP contribution in [-0.4, -0.2) is 44.9 Å². The molecule has 1 fully saturated rings. The van der Waals surface area contributed by atoms with Crippen molar-refractivity contribution < 1.29 is 14.1 Å². The molecule has 3 aromatic rings. The molecule has 8 nitrogen and oxygen atoms in total. The van der Waals surface area contributed by atoms with Gasteiger partial charge in [-0.15, -0.1) is 0 Å². The summed E-state index contributed by atoms with van der Waals surface area (Å²) in [7, 11) is 0. The lowest BCUT2D eigenvalue weighted by atomic mass is 9.88. The highest BCUT2D eigenvalue weighted by Gasteiger charge is 2.32. The van der Waals surface area contributed by atoms with E-state index in [4.69, 9.17) is 15.2 Å². The zero-order valence-corrected chi connectivity index (χ0v) is 18.1. The summed E-state index contributed by atoms with van der Waals surface area (Å²) in [6.45, 7) is 3.41. The topological polar surface area (TPSA) is 118 Å². The van der Waals surface area contributed by atoms with Crippen molar-refractivity contribution in [2.75, 3.05) is 13.1 Å². The molecule has 1 unspecified atom stereocenters. The molecule has 1 aliphatic heterocycles. The molecule has 0 radical (unpaired) electrons. The second-order valence-electron chi connectivity index (χ2n) is 8.92. The van der Waals surface area contributed by atoms with Gasteiger partial charge in [-0.25, -0.2) is 4.98 Å². The SMILES string of the molecule is CC1CCc2onc(C(=O)N3CCC(c4nc(-c5ccccc5)c(C(N)=O)[nH]4)CC3)c2C1. The van der Waals surface area contributed by atoms with Crippen LogP contribution >= 0.6 is 0 Å². The molecule has 32 heavy (non-hydrogen) atoms. The lowest BCUT2D eigenvalue weighted by molar-refractivity contribution is 0.0699. The number of benzene rings is 1. The number of nitrogens with one attached hydrogen (secondary N) is 1. The number of fused-ring (bicyclic) bond motifs is 1. The van der Waals surface area contributed by atoms with Crippen LogP contribution in [0.4, 0.5) is 0 Å². The molecule has 1 aromatic carbocycles. The van der Waals surface area contributed by atoms with Crippen molar-refractivity contribution >= 4 is 11.8 Å². The Morgan fingerprint density at radius 3 is 2.62 bits per heavy atom. The van der Waals surface area contributed by atoms with E-state index < -0.39 is 5.91 Å². The summed E-state index contributed by atoms with van der Waals surface area (Å²) in [6.07, 6.45) is 4.27. The lowest BCUT2D eigenvalue weighted by Gasteiger charge is -2.31. The highest BCUT2D eigenvalue weighted by Crippen LogP contribution is 2.32. The summed E-state index contributed by atoms with van der Waals surface area (Å²) in [5, 5.41) is 4.12. The third kappa shape index (κ3) is 3.70. The Hall–Kier alpha value is -3.42. The maximum atomic E-state index is 13.1. The van der Waals surface area contributed by atoms with Gasteiger partial charge in [0.05, 0.1) is 0 Å². The Labute approximate surface area is 186 Å². The molecular weight excluding hydrogens is 406 g/mol. The number of nitrogens with two attached hydrogens (primary N) is 1. The molecule has 3 N–H and O–H groups in total. The number of aryl methyl sites for hydroxylation is 1. The Kier molecular flexibility index (Phi) is 5.28. The number of imidazole rings is 1. The first-order chi connectivity index (χ1) is 15.5. The van der Waals surface area contributed by atoms with E-state index in [9.17, 15) is 9.59 Å². The van der Waals surface area contributed by atoms with Crippen LogP contribution in [0, 0.1) is 5.92 Å². The predicted molar refractivity (Wildman–Crippen MR) is 118 cm³/mol. The molecule has 3 heterocycles. The zero-order chi connectivity index (χ0) is 22.2. The first-order valence-electron chi connectivity index (χ1n) is 11.2. The molecule has 2 aromatic heterocycles. The quantitative estimate of drug-likeness (QED) is 0.654. The molecule has 1 saturated heterocycles. The molecule has 0 bridgehead atoms. The summed E-state index contributed by atoms with van der Waals surface area (Å²) in [5.74, 6) is 1.70. The minimum atomic E-state index is -0.528. The highest BCUT2D eigenvalue weighted by atomic mass is 16.5. The van der Waals surface area contributed by atoms with Gasteiger partial charge in [-0.3, -0.25) is 9.59 Å². The van der Waals surface area contributed by atoms with Gasteiger partial charge in [-0.2, -0.15) is 0 Å². The molecule has 5 rings (SSSR count). The van der Waals surface area contributed by atoms with E-state index >= 15 is 0 Å². The summed E-state index contributed by atoms with van der Waals surface area (Å²) < 4.78 is 5.46. The third-order valence-corrected chi connectivity index (χ3v) is 6.67. The minimum absolute atomic E-state index is 0.0511. The van der Waals surface area contributed by atoms with Gasteiger partial charge in [0.2, 0.25) is 0 Å². The van der Waals surface area contributed by atoms with E-state index in [1.54, 1.807) is 0 Å². The number of primary amides is 1. The molecule has 1 aliphatic carbocycles. The van der Waals surface area contributed by atoms with Crippen LogP contribution in [0.5, 0.6) is 0 Å². The number of amides is 2.